The van der Waals surface area contributed by atoms with Gasteiger partial charge < -0.3 is 9.09 Å². The maximum atomic E-state index is 5.34. The Morgan fingerprint density at radius 3 is 2.57 bits per heavy atom. The molecule has 1 aliphatic carbocycles. The number of rotatable bonds is 6. The number of piperazine rings is 1. The first kappa shape index (κ1) is 14.8. The minimum absolute atomic E-state index is 0.537. The summed E-state index contributed by atoms with van der Waals surface area (Å²) in [5.74, 6) is 3.37. The van der Waals surface area contributed by atoms with Gasteiger partial charge in [-0.05, 0) is 19.8 Å². The van der Waals surface area contributed by atoms with Gasteiger partial charge in [0.1, 0.15) is 5.82 Å². The molecule has 0 atom stereocenters. The van der Waals surface area contributed by atoms with Crippen molar-refractivity contribution in [3.63, 3.8) is 0 Å². The highest BCUT2D eigenvalue weighted by Gasteiger charge is 2.30. The van der Waals surface area contributed by atoms with E-state index in [0.29, 0.717) is 5.92 Å². The standard InChI is InChI=1S/C16H24N6O/c1-2-22-6-5-17-15(22)12-21-9-7-20(8-10-21)11-14-18-16(23-19-14)13-3-4-13/h5-6,13H,2-4,7-12H2,1H3. The summed E-state index contributed by atoms with van der Waals surface area (Å²) in [6.07, 6.45) is 6.35. The van der Waals surface area contributed by atoms with E-state index >= 15 is 0 Å². The maximum absolute atomic E-state index is 5.34. The molecule has 124 valence electrons. The van der Waals surface area contributed by atoms with Crippen molar-refractivity contribution in [3.05, 3.63) is 29.9 Å². The summed E-state index contributed by atoms with van der Waals surface area (Å²) in [6.45, 7) is 9.07. The zero-order valence-corrected chi connectivity index (χ0v) is 13.7. The molecule has 1 aliphatic heterocycles. The molecule has 0 amide bonds. The summed E-state index contributed by atoms with van der Waals surface area (Å²) >= 11 is 0. The molecule has 1 saturated carbocycles. The molecule has 23 heavy (non-hydrogen) atoms. The third kappa shape index (κ3) is 3.45. The summed E-state index contributed by atoms with van der Waals surface area (Å²) < 4.78 is 7.55. The van der Waals surface area contributed by atoms with Crippen molar-refractivity contribution < 1.29 is 4.52 Å². The van der Waals surface area contributed by atoms with Gasteiger partial charge in [-0.2, -0.15) is 4.98 Å². The second-order valence-electron chi connectivity index (χ2n) is 6.50. The van der Waals surface area contributed by atoms with Crippen molar-refractivity contribution >= 4 is 0 Å². The third-order valence-corrected chi connectivity index (χ3v) is 4.75. The predicted molar refractivity (Wildman–Crippen MR) is 84.7 cm³/mol. The van der Waals surface area contributed by atoms with E-state index < -0.39 is 0 Å². The molecule has 0 N–H and O–H groups in total. The fourth-order valence-electron chi connectivity index (χ4n) is 3.11. The third-order valence-electron chi connectivity index (χ3n) is 4.75. The monoisotopic (exact) mass is 316 g/mol. The first-order valence-electron chi connectivity index (χ1n) is 8.59. The highest BCUT2D eigenvalue weighted by atomic mass is 16.5. The molecule has 1 saturated heterocycles. The quantitative estimate of drug-likeness (QED) is 0.804. The lowest BCUT2D eigenvalue weighted by molar-refractivity contribution is 0.116. The van der Waals surface area contributed by atoms with E-state index in [4.69, 9.17) is 4.52 Å². The second-order valence-corrected chi connectivity index (χ2v) is 6.50. The van der Waals surface area contributed by atoms with Crippen molar-refractivity contribution in [2.24, 2.45) is 0 Å². The average molecular weight is 316 g/mol. The smallest absolute Gasteiger partial charge is 0.229 e. The lowest BCUT2D eigenvalue weighted by Gasteiger charge is -2.33. The van der Waals surface area contributed by atoms with Gasteiger partial charge in [-0.3, -0.25) is 9.80 Å². The highest BCUT2D eigenvalue weighted by molar-refractivity contribution is 5.01. The van der Waals surface area contributed by atoms with Crippen LogP contribution in [0.15, 0.2) is 16.9 Å². The second kappa shape index (κ2) is 6.41. The summed E-state index contributed by atoms with van der Waals surface area (Å²) in [7, 11) is 0. The van der Waals surface area contributed by atoms with Crippen LogP contribution in [0.2, 0.25) is 0 Å². The van der Waals surface area contributed by atoms with Crippen LogP contribution in [0.1, 0.15) is 43.2 Å². The number of aromatic nitrogens is 4. The van der Waals surface area contributed by atoms with Gasteiger partial charge in [-0.25, -0.2) is 4.98 Å². The van der Waals surface area contributed by atoms with Gasteiger partial charge in [-0.1, -0.05) is 5.16 Å². The summed E-state index contributed by atoms with van der Waals surface area (Å²) in [5, 5.41) is 4.12. The van der Waals surface area contributed by atoms with Crippen LogP contribution in [0, 0.1) is 0 Å². The molecule has 0 aromatic carbocycles. The topological polar surface area (TPSA) is 63.2 Å². The number of hydrogen-bond acceptors (Lipinski definition) is 6. The van der Waals surface area contributed by atoms with Crippen LogP contribution < -0.4 is 0 Å². The van der Waals surface area contributed by atoms with Crippen LogP contribution in [0.4, 0.5) is 0 Å². The van der Waals surface area contributed by atoms with E-state index in [2.05, 4.69) is 42.6 Å². The van der Waals surface area contributed by atoms with Crippen LogP contribution in [-0.2, 0) is 19.6 Å². The van der Waals surface area contributed by atoms with Gasteiger partial charge in [0.25, 0.3) is 0 Å². The van der Waals surface area contributed by atoms with E-state index in [1.165, 1.54) is 12.8 Å². The number of aryl methyl sites for hydroxylation is 1. The van der Waals surface area contributed by atoms with Gasteiger partial charge in [0.15, 0.2) is 5.82 Å². The number of nitrogens with zero attached hydrogens (tertiary/aromatic N) is 6. The molecule has 2 aromatic rings. The Balaban J connectivity index is 1.27. The summed E-state index contributed by atoms with van der Waals surface area (Å²) in [5.41, 5.74) is 0. The van der Waals surface area contributed by atoms with Crippen LogP contribution >= 0.6 is 0 Å². The van der Waals surface area contributed by atoms with E-state index in [9.17, 15) is 0 Å². The van der Waals surface area contributed by atoms with Crippen molar-refractivity contribution in [1.29, 1.82) is 0 Å². The molecule has 2 fully saturated rings. The molecular weight excluding hydrogens is 292 g/mol. The molecule has 7 nitrogen and oxygen atoms in total. The Hall–Kier alpha value is -1.73. The fourth-order valence-corrected chi connectivity index (χ4v) is 3.11. The van der Waals surface area contributed by atoms with E-state index in [0.717, 1.165) is 63.4 Å². The molecule has 0 radical (unpaired) electrons. The molecule has 2 aromatic heterocycles. The van der Waals surface area contributed by atoms with E-state index in [1.807, 2.05) is 6.20 Å². The summed E-state index contributed by atoms with van der Waals surface area (Å²) in [6, 6.07) is 0. The zero-order chi connectivity index (χ0) is 15.6. The molecule has 3 heterocycles. The van der Waals surface area contributed by atoms with Crippen LogP contribution in [0.3, 0.4) is 0 Å². The minimum atomic E-state index is 0.537. The molecule has 0 bridgehead atoms. The predicted octanol–water partition coefficient (Wildman–Crippen LogP) is 1.48. The average Bonchev–Trinajstić information content (AvgIpc) is 3.15. The molecule has 7 heteroatoms. The maximum Gasteiger partial charge on any atom is 0.229 e. The molecule has 2 aliphatic rings. The van der Waals surface area contributed by atoms with Crippen molar-refractivity contribution in [2.75, 3.05) is 26.2 Å². The summed E-state index contributed by atoms with van der Waals surface area (Å²) in [4.78, 5) is 13.9. The van der Waals surface area contributed by atoms with Crippen molar-refractivity contribution in [3.8, 4) is 0 Å². The van der Waals surface area contributed by atoms with Crippen molar-refractivity contribution in [1.82, 2.24) is 29.5 Å². The van der Waals surface area contributed by atoms with Gasteiger partial charge in [0.2, 0.25) is 5.89 Å². The van der Waals surface area contributed by atoms with Gasteiger partial charge in [-0.15, -0.1) is 0 Å². The molecule has 0 unspecified atom stereocenters. The molecular formula is C16H24N6O. The van der Waals surface area contributed by atoms with Gasteiger partial charge in [0, 0.05) is 51.0 Å². The molecule has 4 rings (SSSR count). The van der Waals surface area contributed by atoms with Crippen molar-refractivity contribution in [2.45, 2.75) is 45.3 Å². The first-order chi connectivity index (χ1) is 11.3. The lowest BCUT2D eigenvalue weighted by Crippen LogP contribution is -2.45. The minimum Gasteiger partial charge on any atom is -0.339 e. The number of hydrogen-bond donors (Lipinski definition) is 0. The van der Waals surface area contributed by atoms with Gasteiger partial charge >= 0.3 is 0 Å². The Kier molecular flexibility index (Phi) is 4.13. The Labute approximate surface area is 136 Å². The normalized spacial score (nSPS) is 20.2. The zero-order valence-electron chi connectivity index (χ0n) is 13.7. The molecule has 0 spiro atoms. The Morgan fingerprint density at radius 2 is 1.87 bits per heavy atom. The largest absolute Gasteiger partial charge is 0.339 e. The first-order valence-corrected chi connectivity index (χ1v) is 8.59. The van der Waals surface area contributed by atoms with Gasteiger partial charge in [0.05, 0.1) is 13.1 Å². The fraction of sp³-hybridized carbons (Fsp3) is 0.688. The van der Waals surface area contributed by atoms with E-state index in [1.54, 1.807) is 0 Å². The van der Waals surface area contributed by atoms with Crippen LogP contribution in [0.5, 0.6) is 0 Å². The SMILES string of the molecule is CCn1ccnc1CN1CCN(Cc2noc(C3CC3)n2)CC1. The van der Waals surface area contributed by atoms with Crippen LogP contribution in [-0.4, -0.2) is 55.7 Å². The highest BCUT2D eigenvalue weighted by Crippen LogP contribution is 2.38. The number of imidazole rings is 1. The van der Waals surface area contributed by atoms with Crippen LogP contribution in [0.25, 0.3) is 0 Å². The van der Waals surface area contributed by atoms with E-state index in [-0.39, 0.29) is 0 Å². The lowest BCUT2D eigenvalue weighted by atomic mass is 10.3. The Bertz CT molecular complexity index is 639. The Morgan fingerprint density at radius 1 is 1.13 bits per heavy atom.